The van der Waals surface area contributed by atoms with Gasteiger partial charge < -0.3 is 10.2 Å². The van der Waals surface area contributed by atoms with E-state index >= 15 is 0 Å². The Morgan fingerprint density at radius 2 is 1.93 bits per heavy atom. The molecule has 88 valence electrons. The molecule has 0 radical (unpaired) electrons. The van der Waals surface area contributed by atoms with Gasteiger partial charge in [0.2, 0.25) is 0 Å². The molecule has 3 heteroatoms. The Kier molecular flexibility index (Phi) is 3.65. The Balaban J connectivity index is 2.02. The molecule has 15 heavy (non-hydrogen) atoms. The van der Waals surface area contributed by atoms with Gasteiger partial charge in [-0.2, -0.15) is 0 Å². The van der Waals surface area contributed by atoms with Crippen LogP contribution in [0.15, 0.2) is 0 Å². The molecule has 1 aliphatic carbocycles. The molecule has 0 amide bonds. The quantitative estimate of drug-likeness (QED) is 0.719. The van der Waals surface area contributed by atoms with E-state index in [0.29, 0.717) is 12.0 Å². The zero-order valence-corrected chi connectivity index (χ0v) is 9.60. The summed E-state index contributed by atoms with van der Waals surface area (Å²) < 4.78 is 0. The number of hydrogen-bond acceptors (Lipinski definition) is 3. The molecule has 2 N–H and O–H groups in total. The number of aliphatic hydroxyl groups is 2. The van der Waals surface area contributed by atoms with Crippen molar-refractivity contribution < 1.29 is 10.2 Å². The van der Waals surface area contributed by atoms with Crippen LogP contribution in [0.3, 0.4) is 0 Å². The van der Waals surface area contributed by atoms with Crippen molar-refractivity contribution in [3.8, 4) is 0 Å². The van der Waals surface area contributed by atoms with Crippen molar-refractivity contribution >= 4 is 0 Å². The third kappa shape index (κ3) is 2.19. The normalized spacial score (nSPS) is 43.4. The standard InChI is InChI=1S/C12H23NO2/c1-9-6-7-13(11(9)8-14)10-4-2-3-5-12(10)15/h9-12,14-15H,2-8H2,1H3/t9?,10-,11?,12-/m1/s1. The Bertz CT molecular complexity index is 210. The first-order chi connectivity index (χ1) is 7.24. The Labute approximate surface area is 92.1 Å². The minimum Gasteiger partial charge on any atom is -0.395 e. The van der Waals surface area contributed by atoms with Crippen LogP contribution in [0.1, 0.15) is 39.0 Å². The highest BCUT2D eigenvalue weighted by atomic mass is 16.3. The van der Waals surface area contributed by atoms with E-state index < -0.39 is 0 Å². The zero-order chi connectivity index (χ0) is 10.8. The van der Waals surface area contributed by atoms with Crippen LogP contribution in [-0.4, -0.2) is 46.5 Å². The lowest BCUT2D eigenvalue weighted by Gasteiger charge is -2.38. The SMILES string of the molecule is CC1CCN([C@@H]2CCCC[C@H]2O)C1CO. The lowest BCUT2D eigenvalue weighted by molar-refractivity contribution is -0.00222. The number of nitrogens with zero attached hydrogens (tertiary/aromatic N) is 1. The molecule has 1 saturated carbocycles. The summed E-state index contributed by atoms with van der Waals surface area (Å²) in [5.41, 5.74) is 0. The molecule has 3 nitrogen and oxygen atoms in total. The maximum atomic E-state index is 10.0. The van der Waals surface area contributed by atoms with Gasteiger partial charge in [0.15, 0.2) is 0 Å². The average Bonchev–Trinajstić information content (AvgIpc) is 2.60. The highest BCUT2D eigenvalue weighted by Crippen LogP contribution is 2.31. The van der Waals surface area contributed by atoms with Crippen molar-refractivity contribution in [2.24, 2.45) is 5.92 Å². The van der Waals surface area contributed by atoms with Gasteiger partial charge in [0.05, 0.1) is 12.7 Å². The second-order valence-electron chi connectivity index (χ2n) is 5.17. The van der Waals surface area contributed by atoms with Crippen LogP contribution in [0.2, 0.25) is 0 Å². The second-order valence-corrected chi connectivity index (χ2v) is 5.17. The maximum Gasteiger partial charge on any atom is 0.0695 e. The van der Waals surface area contributed by atoms with E-state index in [0.717, 1.165) is 32.2 Å². The molecule has 2 fully saturated rings. The Morgan fingerprint density at radius 3 is 2.60 bits per heavy atom. The molecular formula is C12H23NO2. The van der Waals surface area contributed by atoms with Gasteiger partial charge in [-0.25, -0.2) is 0 Å². The monoisotopic (exact) mass is 213 g/mol. The topological polar surface area (TPSA) is 43.7 Å². The summed E-state index contributed by atoms with van der Waals surface area (Å²) in [5.74, 6) is 0.573. The third-order valence-corrected chi connectivity index (χ3v) is 4.23. The Morgan fingerprint density at radius 1 is 1.20 bits per heavy atom. The lowest BCUT2D eigenvalue weighted by atomic mass is 9.90. The summed E-state index contributed by atoms with van der Waals surface area (Å²) in [6, 6.07) is 0.587. The van der Waals surface area contributed by atoms with Crippen LogP contribution in [0.4, 0.5) is 0 Å². The molecule has 1 heterocycles. The lowest BCUT2D eigenvalue weighted by Crippen LogP contribution is -2.49. The number of aliphatic hydroxyl groups excluding tert-OH is 2. The smallest absolute Gasteiger partial charge is 0.0695 e. The van der Waals surface area contributed by atoms with Crippen molar-refractivity contribution in [2.45, 2.75) is 57.2 Å². The van der Waals surface area contributed by atoms with E-state index in [1.165, 1.54) is 6.42 Å². The molecule has 1 aliphatic heterocycles. The molecule has 2 aliphatic rings. The highest BCUT2D eigenvalue weighted by Gasteiger charge is 2.38. The van der Waals surface area contributed by atoms with Crippen LogP contribution in [-0.2, 0) is 0 Å². The summed E-state index contributed by atoms with van der Waals surface area (Å²) in [6.07, 6.45) is 5.42. The summed E-state index contributed by atoms with van der Waals surface area (Å²) >= 11 is 0. The van der Waals surface area contributed by atoms with Crippen LogP contribution < -0.4 is 0 Å². The van der Waals surface area contributed by atoms with Crippen molar-refractivity contribution in [1.29, 1.82) is 0 Å². The highest BCUT2D eigenvalue weighted by molar-refractivity contribution is 4.92. The van der Waals surface area contributed by atoms with Crippen LogP contribution in [0, 0.1) is 5.92 Å². The molecule has 0 bridgehead atoms. The Hall–Kier alpha value is -0.120. The minimum absolute atomic E-state index is 0.168. The predicted octanol–water partition coefficient (Wildman–Crippen LogP) is 0.993. The molecule has 2 unspecified atom stereocenters. The van der Waals surface area contributed by atoms with Crippen LogP contribution in [0.5, 0.6) is 0 Å². The fraction of sp³-hybridized carbons (Fsp3) is 1.00. The number of likely N-dealkylation sites (tertiary alicyclic amines) is 1. The van der Waals surface area contributed by atoms with Gasteiger partial charge >= 0.3 is 0 Å². The van der Waals surface area contributed by atoms with E-state index in [1.807, 2.05) is 0 Å². The van der Waals surface area contributed by atoms with E-state index in [4.69, 9.17) is 0 Å². The first-order valence-corrected chi connectivity index (χ1v) is 6.28. The second kappa shape index (κ2) is 4.81. The summed E-state index contributed by atoms with van der Waals surface area (Å²) in [6.45, 7) is 3.49. The number of hydrogen-bond donors (Lipinski definition) is 2. The molecule has 0 spiro atoms. The van der Waals surface area contributed by atoms with Gasteiger partial charge in [-0.15, -0.1) is 0 Å². The summed E-state index contributed by atoms with van der Waals surface area (Å²) in [4.78, 5) is 2.36. The van der Waals surface area contributed by atoms with Crippen LogP contribution >= 0.6 is 0 Å². The van der Waals surface area contributed by atoms with Gasteiger partial charge in [-0.3, -0.25) is 4.90 Å². The molecule has 0 aromatic heterocycles. The first kappa shape index (κ1) is 11.4. The van der Waals surface area contributed by atoms with Crippen molar-refractivity contribution in [1.82, 2.24) is 4.90 Å². The largest absolute Gasteiger partial charge is 0.395 e. The summed E-state index contributed by atoms with van der Waals surface area (Å²) in [7, 11) is 0. The van der Waals surface area contributed by atoms with E-state index in [2.05, 4.69) is 11.8 Å². The van der Waals surface area contributed by atoms with Gasteiger partial charge in [-0.05, 0) is 31.7 Å². The zero-order valence-electron chi connectivity index (χ0n) is 9.60. The van der Waals surface area contributed by atoms with Crippen LogP contribution in [0.25, 0.3) is 0 Å². The van der Waals surface area contributed by atoms with Gasteiger partial charge in [0, 0.05) is 12.1 Å². The molecule has 0 aromatic rings. The fourth-order valence-electron chi connectivity index (χ4n) is 3.21. The van der Waals surface area contributed by atoms with E-state index in [9.17, 15) is 10.2 Å². The predicted molar refractivity (Wildman–Crippen MR) is 59.6 cm³/mol. The van der Waals surface area contributed by atoms with Crippen molar-refractivity contribution in [3.63, 3.8) is 0 Å². The fourth-order valence-corrected chi connectivity index (χ4v) is 3.21. The van der Waals surface area contributed by atoms with E-state index in [-0.39, 0.29) is 18.8 Å². The van der Waals surface area contributed by atoms with Crippen molar-refractivity contribution in [2.75, 3.05) is 13.2 Å². The third-order valence-electron chi connectivity index (χ3n) is 4.23. The molecule has 0 aromatic carbocycles. The molecular weight excluding hydrogens is 190 g/mol. The van der Waals surface area contributed by atoms with Crippen molar-refractivity contribution in [3.05, 3.63) is 0 Å². The first-order valence-electron chi connectivity index (χ1n) is 6.28. The molecule has 2 rings (SSSR count). The molecule has 1 saturated heterocycles. The molecule has 4 atom stereocenters. The average molecular weight is 213 g/mol. The summed E-state index contributed by atoms with van der Waals surface area (Å²) in [5, 5.41) is 19.4. The van der Waals surface area contributed by atoms with Gasteiger partial charge in [0.1, 0.15) is 0 Å². The van der Waals surface area contributed by atoms with E-state index in [1.54, 1.807) is 0 Å². The maximum absolute atomic E-state index is 10.0. The minimum atomic E-state index is -0.168. The van der Waals surface area contributed by atoms with Gasteiger partial charge in [-0.1, -0.05) is 19.8 Å². The number of rotatable bonds is 2. The van der Waals surface area contributed by atoms with Gasteiger partial charge in [0.25, 0.3) is 0 Å².